The maximum Gasteiger partial charge on any atom is 0.280 e. The van der Waals surface area contributed by atoms with Gasteiger partial charge in [0.2, 0.25) is 5.95 Å². The van der Waals surface area contributed by atoms with Gasteiger partial charge in [0, 0.05) is 6.54 Å². The van der Waals surface area contributed by atoms with E-state index in [-0.39, 0.29) is 11.5 Å². The molecule has 0 radical (unpaired) electrons. The quantitative estimate of drug-likeness (QED) is 0.763. The fraction of sp³-hybridized carbons (Fsp3) is 0.500. The van der Waals surface area contributed by atoms with E-state index in [2.05, 4.69) is 21.9 Å². The van der Waals surface area contributed by atoms with Gasteiger partial charge in [0.15, 0.2) is 11.2 Å². The van der Waals surface area contributed by atoms with Crippen molar-refractivity contribution in [3.8, 4) is 0 Å². The Morgan fingerprint density at radius 3 is 3.12 bits per heavy atom. The topological polar surface area (TPSA) is 89.6 Å². The third kappa shape index (κ3) is 1.37. The lowest BCUT2D eigenvalue weighted by Gasteiger charge is -2.01. The summed E-state index contributed by atoms with van der Waals surface area (Å²) in [5.74, 6) is 1.58. The van der Waals surface area contributed by atoms with Crippen molar-refractivity contribution < 1.29 is 0 Å². The second-order valence-electron chi connectivity index (χ2n) is 4.49. The maximum absolute atomic E-state index is 11.5. The molecule has 0 aromatic carbocycles. The molecule has 16 heavy (non-hydrogen) atoms. The molecule has 3 rings (SSSR count). The molecule has 84 valence electrons. The Labute approximate surface area is 91.5 Å². The minimum Gasteiger partial charge on any atom is -0.369 e. The Balaban J connectivity index is 2.08. The van der Waals surface area contributed by atoms with Gasteiger partial charge in [0.1, 0.15) is 0 Å². The molecule has 2 heterocycles. The van der Waals surface area contributed by atoms with E-state index in [1.807, 2.05) is 4.57 Å². The first-order valence-electron chi connectivity index (χ1n) is 5.36. The van der Waals surface area contributed by atoms with Crippen molar-refractivity contribution in [2.75, 3.05) is 5.73 Å². The molecule has 1 saturated carbocycles. The van der Waals surface area contributed by atoms with Crippen molar-refractivity contribution in [3.05, 3.63) is 16.7 Å². The monoisotopic (exact) mass is 219 g/mol. The molecule has 6 heteroatoms. The van der Waals surface area contributed by atoms with Crippen LogP contribution in [0, 0.1) is 11.8 Å². The molecule has 3 N–H and O–H groups in total. The number of aromatic nitrogens is 4. The predicted octanol–water partition coefficient (Wildman–Crippen LogP) is 0.358. The summed E-state index contributed by atoms with van der Waals surface area (Å²) in [7, 11) is 0. The van der Waals surface area contributed by atoms with E-state index in [9.17, 15) is 4.79 Å². The van der Waals surface area contributed by atoms with Gasteiger partial charge in [0.05, 0.1) is 6.33 Å². The Hall–Kier alpha value is -1.85. The zero-order valence-corrected chi connectivity index (χ0v) is 8.97. The summed E-state index contributed by atoms with van der Waals surface area (Å²) in [6, 6.07) is 0. The third-order valence-corrected chi connectivity index (χ3v) is 3.20. The van der Waals surface area contributed by atoms with Crippen LogP contribution < -0.4 is 11.3 Å². The molecule has 0 spiro atoms. The molecular formula is C10H13N5O. The van der Waals surface area contributed by atoms with Gasteiger partial charge in [-0.2, -0.15) is 4.98 Å². The highest BCUT2D eigenvalue weighted by Gasteiger charge is 2.33. The summed E-state index contributed by atoms with van der Waals surface area (Å²) < 4.78 is 1.91. The highest BCUT2D eigenvalue weighted by molar-refractivity contribution is 5.70. The van der Waals surface area contributed by atoms with Crippen molar-refractivity contribution in [1.82, 2.24) is 19.5 Å². The first-order chi connectivity index (χ1) is 7.65. The fourth-order valence-electron chi connectivity index (χ4n) is 2.01. The second-order valence-corrected chi connectivity index (χ2v) is 4.49. The number of H-pyrrole nitrogens is 1. The fourth-order valence-corrected chi connectivity index (χ4v) is 2.01. The zero-order valence-electron chi connectivity index (χ0n) is 8.97. The van der Waals surface area contributed by atoms with Crippen LogP contribution in [-0.4, -0.2) is 19.5 Å². The summed E-state index contributed by atoms with van der Waals surface area (Å²) in [5, 5.41) is 0. The lowest BCUT2D eigenvalue weighted by atomic mass is 10.3. The van der Waals surface area contributed by atoms with Crippen LogP contribution in [0.25, 0.3) is 11.2 Å². The van der Waals surface area contributed by atoms with Crippen LogP contribution in [0.1, 0.15) is 13.3 Å². The number of nitrogen functional groups attached to an aromatic ring is 1. The molecule has 1 fully saturated rings. The molecule has 0 saturated heterocycles. The highest BCUT2D eigenvalue weighted by atomic mass is 16.1. The largest absolute Gasteiger partial charge is 0.369 e. The molecule has 6 nitrogen and oxygen atoms in total. The standard InChI is InChI=1S/C10H13N5O/c1-5-2-6(5)3-15-4-12-7-8(15)13-10(11)14-9(7)16/h4-6H,2-3H2,1H3,(H3,11,13,14,16). The first kappa shape index (κ1) is 9.38. The minimum atomic E-state index is -0.273. The molecule has 1 aliphatic rings. The van der Waals surface area contributed by atoms with Gasteiger partial charge in [-0.3, -0.25) is 9.78 Å². The van der Waals surface area contributed by atoms with Crippen LogP contribution >= 0.6 is 0 Å². The van der Waals surface area contributed by atoms with Crippen molar-refractivity contribution in [2.24, 2.45) is 11.8 Å². The van der Waals surface area contributed by atoms with E-state index < -0.39 is 0 Å². The van der Waals surface area contributed by atoms with E-state index in [1.165, 1.54) is 6.42 Å². The van der Waals surface area contributed by atoms with Crippen LogP contribution in [0.4, 0.5) is 5.95 Å². The molecule has 0 bridgehead atoms. The Kier molecular flexibility index (Phi) is 1.80. The first-order valence-corrected chi connectivity index (χ1v) is 5.36. The average molecular weight is 219 g/mol. The smallest absolute Gasteiger partial charge is 0.280 e. The number of aromatic amines is 1. The summed E-state index contributed by atoms with van der Waals surface area (Å²) >= 11 is 0. The highest BCUT2D eigenvalue weighted by Crippen LogP contribution is 2.39. The number of nitrogens with two attached hydrogens (primary N) is 1. The SMILES string of the molecule is CC1CC1Cn1cnc2c(=O)[nH]c(N)nc21. The van der Waals surface area contributed by atoms with Crippen LogP contribution in [0.5, 0.6) is 0 Å². The number of nitrogens with one attached hydrogen (secondary N) is 1. The summed E-state index contributed by atoms with van der Waals surface area (Å²) in [6.07, 6.45) is 2.90. The Bertz CT molecular complexity index is 599. The molecule has 2 atom stereocenters. The lowest BCUT2D eigenvalue weighted by molar-refractivity contribution is 0.603. The third-order valence-electron chi connectivity index (χ3n) is 3.20. The summed E-state index contributed by atoms with van der Waals surface area (Å²) in [5.41, 5.74) is 6.19. The van der Waals surface area contributed by atoms with Crippen LogP contribution in [0.15, 0.2) is 11.1 Å². The summed E-state index contributed by atoms with van der Waals surface area (Å²) in [6.45, 7) is 3.09. The average Bonchev–Trinajstić information content (AvgIpc) is 2.72. The van der Waals surface area contributed by atoms with Gasteiger partial charge >= 0.3 is 0 Å². The van der Waals surface area contributed by atoms with Gasteiger partial charge < -0.3 is 10.3 Å². The van der Waals surface area contributed by atoms with E-state index in [1.54, 1.807) is 6.33 Å². The number of anilines is 1. The summed E-state index contributed by atoms with van der Waals surface area (Å²) in [4.78, 5) is 22.2. The number of nitrogens with zero attached hydrogens (tertiary/aromatic N) is 3. The number of fused-ring (bicyclic) bond motifs is 1. The molecular weight excluding hydrogens is 206 g/mol. The van der Waals surface area contributed by atoms with Crippen molar-refractivity contribution in [1.29, 1.82) is 0 Å². The molecule has 2 aromatic rings. The normalized spacial score (nSPS) is 23.8. The predicted molar refractivity (Wildman–Crippen MR) is 59.8 cm³/mol. The molecule has 0 amide bonds. The zero-order chi connectivity index (χ0) is 11.3. The maximum atomic E-state index is 11.5. The van der Waals surface area contributed by atoms with Crippen molar-refractivity contribution in [2.45, 2.75) is 19.9 Å². The number of imidazole rings is 1. The van der Waals surface area contributed by atoms with E-state index in [4.69, 9.17) is 5.73 Å². The van der Waals surface area contributed by atoms with E-state index >= 15 is 0 Å². The van der Waals surface area contributed by atoms with Crippen molar-refractivity contribution in [3.63, 3.8) is 0 Å². The van der Waals surface area contributed by atoms with Crippen LogP contribution in [0.3, 0.4) is 0 Å². The number of rotatable bonds is 2. The van der Waals surface area contributed by atoms with Crippen LogP contribution in [-0.2, 0) is 6.54 Å². The van der Waals surface area contributed by atoms with Gasteiger partial charge in [-0.05, 0) is 18.3 Å². The lowest BCUT2D eigenvalue weighted by Crippen LogP contribution is -2.12. The van der Waals surface area contributed by atoms with E-state index in [0.717, 1.165) is 12.5 Å². The van der Waals surface area contributed by atoms with Gasteiger partial charge in [-0.1, -0.05) is 6.92 Å². The molecule has 1 aliphatic carbocycles. The van der Waals surface area contributed by atoms with Gasteiger partial charge in [-0.25, -0.2) is 4.98 Å². The van der Waals surface area contributed by atoms with Gasteiger partial charge in [-0.15, -0.1) is 0 Å². The van der Waals surface area contributed by atoms with Crippen LogP contribution in [0.2, 0.25) is 0 Å². The number of hydrogen-bond donors (Lipinski definition) is 2. The van der Waals surface area contributed by atoms with Crippen molar-refractivity contribution >= 4 is 17.1 Å². The number of hydrogen-bond acceptors (Lipinski definition) is 4. The second kappa shape index (κ2) is 3.07. The van der Waals surface area contributed by atoms with Gasteiger partial charge in [0.25, 0.3) is 5.56 Å². The Morgan fingerprint density at radius 1 is 1.69 bits per heavy atom. The molecule has 2 aromatic heterocycles. The minimum absolute atomic E-state index is 0.142. The van der Waals surface area contributed by atoms with E-state index in [0.29, 0.717) is 17.1 Å². The molecule has 0 aliphatic heterocycles. The Morgan fingerprint density at radius 2 is 2.44 bits per heavy atom. The molecule has 2 unspecified atom stereocenters.